The van der Waals surface area contributed by atoms with Crippen molar-refractivity contribution < 1.29 is 4.42 Å². The molecule has 322 valence electrons. The molecule has 0 fully saturated rings. The molecule has 3 aliphatic rings. The van der Waals surface area contributed by atoms with Crippen LogP contribution >= 0.6 is 0 Å². The lowest BCUT2D eigenvalue weighted by Crippen LogP contribution is -2.24. The van der Waals surface area contributed by atoms with E-state index in [-0.39, 0.29) is 10.8 Å². The topological polar surface area (TPSA) is 16.4 Å². The summed E-state index contributed by atoms with van der Waals surface area (Å²) in [5.41, 5.74) is 25.8. The van der Waals surface area contributed by atoms with Gasteiger partial charge in [0.25, 0.3) is 0 Å². The summed E-state index contributed by atoms with van der Waals surface area (Å²) in [6.07, 6.45) is 2.11. The molecule has 2 nitrogen and oxygen atoms in total. The second kappa shape index (κ2) is 14.6. The number of hydrogen-bond acceptors (Lipinski definition) is 2. The number of hydrogen-bond donors (Lipinski definition) is 0. The van der Waals surface area contributed by atoms with Gasteiger partial charge in [-0.25, -0.2) is 0 Å². The molecule has 1 heterocycles. The van der Waals surface area contributed by atoms with Gasteiger partial charge < -0.3 is 9.32 Å². The summed E-state index contributed by atoms with van der Waals surface area (Å²) in [6.45, 7) is 4.76. The summed E-state index contributed by atoms with van der Waals surface area (Å²) >= 11 is 0. The van der Waals surface area contributed by atoms with Crippen molar-refractivity contribution in [1.29, 1.82) is 0 Å². The average Bonchev–Trinajstić information content (AvgIpc) is 4.12. The number of furan rings is 1. The third-order valence-corrected chi connectivity index (χ3v) is 15.7. The molecule has 0 saturated carbocycles. The Morgan fingerprint density at radius 3 is 1.78 bits per heavy atom. The third kappa shape index (κ3) is 5.46. The highest BCUT2D eigenvalue weighted by Gasteiger charge is 2.48. The van der Waals surface area contributed by atoms with Crippen LogP contribution in [0.25, 0.3) is 77.6 Å². The third-order valence-electron chi connectivity index (χ3n) is 15.7. The van der Waals surface area contributed by atoms with Crippen LogP contribution in [0.2, 0.25) is 0 Å². The van der Waals surface area contributed by atoms with Crippen molar-refractivity contribution in [3.63, 3.8) is 0 Å². The first-order chi connectivity index (χ1) is 33.5. The van der Waals surface area contributed by atoms with Crippen molar-refractivity contribution in [2.45, 2.75) is 37.5 Å². The molecule has 0 amide bonds. The molecule has 0 bridgehead atoms. The van der Waals surface area contributed by atoms with Gasteiger partial charge in [0.1, 0.15) is 11.2 Å². The van der Waals surface area contributed by atoms with Gasteiger partial charge in [-0.3, -0.25) is 0 Å². The molecule has 0 radical (unpaired) electrons. The number of aryl methyl sites for hydroxylation is 1. The van der Waals surface area contributed by atoms with E-state index in [0.717, 1.165) is 63.0 Å². The van der Waals surface area contributed by atoms with Gasteiger partial charge in [-0.1, -0.05) is 196 Å². The molecular formula is C66H47NO. The second-order valence-electron chi connectivity index (χ2n) is 19.5. The molecule has 0 aliphatic heterocycles. The maximum atomic E-state index is 6.48. The van der Waals surface area contributed by atoms with E-state index in [1.165, 1.54) is 77.9 Å². The molecule has 68 heavy (non-hydrogen) atoms. The summed E-state index contributed by atoms with van der Waals surface area (Å²) in [5, 5.41) is 2.25. The fraction of sp³-hybridized carbons (Fsp3) is 0.0909. The Kier molecular flexibility index (Phi) is 8.40. The summed E-state index contributed by atoms with van der Waals surface area (Å²) in [6, 6.07) is 83.4. The summed E-state index contributed by atoms with van der Waals surface area (Å²) < 4.78 is 6.48. The molecule has 14 rings (SSSR count). The Morgan fingerprint density at radius 2 is 0.956 bits per heavy atom. The van der Waals surface area contributed by atoms with Crippen LogP contribution in [-0.4, -0.2) is 0 Å². The van der Waals surface area contributed by atoms with Crippen LogP contribution in [0.5, 0.6) is 0 Å². The maximum Gasteiger partial charge on any atom is 0.136 e. The number of nitrogens with zero attached hydrogens (tertiary/aromatic N) is 1. The molecule has 0 N–H and O–H groups in total. The van der Waals surface area contributed by atoms with Crippen LogP contribution < -0.4 is 4.90 Å². The summed E-state index contributed by atoms with van der Waals surface area (Å²) in [5.74, 6) is 0. The minimum atomic E-state index is -0.216. The largest absolute Gasteiger partial charge is 0.456 e. The molecule has 1 unspecified atom stereocenters. The van der Waals surface area contributed by atoms with E-state index in [0.29, 0.717) is 0 Å². The van der Waals surface area contributed by atoms with Crippen LogP contribution in [0.4, 0.5) is 17.1 Å². The van der Waals surface area contributed by atoms with E-state index in [1.54, 1.807) is 0 Å². The predicted molar refractivity (Wildman–Crippen MR) is 282 cm³/mol. The Morgan fingerprint density at radius 1 is 0.397 bits per heavy atom. The first-order valence-electron chi connectivity index (χ1n) is 24.0. The quantitative estimate of drug-likeness (QED) is 0.166. The zero-order valence-electron chi connectivity index (χ0n) is 38.1. The lowest BCUT2D eigenvalue weighted by Gasteiger charge is -2.32. The highest BCUT2D eigenvalue weighted by molar-refractivity contribution is 6.14. The molecule has 0 saturated heterocycles. The van der Waals surface area contributed by atoms with Gasteiger partial charge in [0.2, 0.25) is 0 Å². The molecule has 11 aromatic rings. The van der Waals surface area contributed by atoms with Crippen molar-refractivity contribution in [3.8, 4) is 55.6 Å². The molecule has 1 aromatic heterocycles. The molecule has 1 spiro atoms. The molecular weight excluding hydrogens is 823 g/mol. The molecule has 3 aliphatic carbocycles. The van der Waals surface area contributed by atoms with Crippen LogP contribution in [0.3, 0.4) is 0 Å². The fourth-order valence-electron chi connectivity index (χ4n) is 12.8. The van der Waals surface area contributed by atoms with Gasteiger partial charge in [-0.2, -0.15) is 0 Å². The predicted octanol–water partition coefficient (Wildman–Crippen LogP) is 17.6. The minimum absolute atomic E-state index is 0.128. The minimum Gasteiger partial charge on any atom is -0.456 e. The zero-order chi connectivity index (χ0) is 45.1. The fourth-order valence-corrected chi connectivity index (χ4v) is 12.8. The number of rotatable bonds is 6. The normalized spacial score (nSPS) is 15.9. The number of para-hydroxylation sites is 2. The van der Waals surface area contributed by atoms with E-state index < -0.39 is 0 Å². The highest BCUT2D eigenvalue weighted by atomic mass is 16.3. The Labute approximate surface area is 397 Å². The molecule has 2 heteroatoms. The number of anilines is 3. The Balaban J connectivity index is 0.961. The summed E-state index contributed by atoms with van der Waals surface area (Å²) in [4.78, 5) is 2.49. The SMILES string of the molecule is CC1(C)c2ccccc2-c2cccc(-c3ccccc3-c3ccc(N(c4ccc5c(c4)C4(CCc6ccccc64)c4ccccc4-5)c4ccccc4-c4cccc5oc6ccccc6c45)cc3)c21. The van der Waals surface area contributed by atoms with Crippen LogP contribution in [0.1, 0.15) is 53.6 Å². The average molecular weight is 870 g/mol. The van der Waals surface area contributed by atoms with E-state index in [2.05, 4.69) is 243 Å². The van der Waals surface area contributed by atoms with Crippen LogP contribution in [-0.2, 0) is 17.3 Å². The van der Waals surface area contributed by atoms with E-state index in [9.17, 15) is 0 Å². The number of benzene rings is 10. The van der Waals surface area contributed by atoms with Crippen LogP contribution in [0.15, 0.2) is 229 Å². The van der Waals surface area contributed by atoms with Gasteiger partial charge in [-0.15, -0.1) is 0 Å². The Hall–Kier alpha value is -8.20. The zero-order valence-corrected chi connectivity index (χ0v) is 38.1. The lowest BCUT2D eigenvalue weighted by molar-refractivity contribution is 0.626. The highest BCUT2D eigenvalue weighted by Crippen LogP contribution is 2.60. The first-order valence-corrected chi connectivity index (χ1v) is 24.0. The van der Waals surface area contributed by atoms with Crippen molar-refractivity contribution >= 4 is 39.0 Å². The van der Waals surface area contributed by atoms with Crippen molar-refractivity contribution in [1.82, 2.24) is 0 Å². The lowest BCUT2D eigenvalue weighted by atomic mass is 9.73. The van der Waals surface area contributed by atoms with Gasteiger partial charge >= 0.3 is 0 Å². The second-order valence-corrected chi connectivity index (χ2v) is 19.5. The van der Waals surface area contributed by atoms with Gasteiger partial charge in [-0.05, 0) is 139 Å². The molecule has 10 aromatic carbocycles. The van der Waals surface area contributed by atoms with Gasteiger partial charge in [0.15, 0.2) is 0 Å². The monoisotopic (exact) mass is 869 g/mol. The maximum absolute atomic E-state index is 6.48. The van der Waals surface area contributed by atoms with Gasteiger partial charge in [0, 0.05) is 38.5 Å². The van der Waals surface area contributed by atoms with E-state index in [4.69, 9.17) is 4.42 Å². The smallest absolute Gasteiger partial charge is 0.136 e. The number of fused-ring (bicyclic) bond motifs is 13. The van der Waals surface area contributed by atoms with Crippen molar-refractivity contribution in [2.24, 2.45) is 0 Å². The summed E-state index contributed by atoms with van der Waals surface area (Å²) in [7, 11) is 0. The standard InChI is InChI=1S/C66H47NO/c1-65(2)57-28-11-6-21-49(57)54-26-15-25-53(64(54)65)47-19-5-4-18-46(47)42-33-35-44(36-34-42)67(60-30-13-8-22-51(60)52-24-16-32-62-63(52)55-23-9-14-31-61(55)68-62)45-37-38-50-48-20-7-12-29-58(48)66(59(50)41-45)40-39-43-17-3-10-27-56(43)66/h3-38,41H,39-40H2,1-2H3. The van der Waals surface area contributed by atoms with Gasteiger partial charge in [0.05, 0.1) is 5.69 Å². The first kappa shape index (κ1) is 39.0. The van der Waals surface area contributed by atoms with E-state index in [1.807, 2.05) is 0 Å². The van der Waals surface area contributed by atoms with Crippen molar-refractivity contribution in [3.05, 3.63) is 258 Å². The molecule has 1 atom stereocenters. The van der Waals surface area contributed by atoms with E-state index >= 15 is 0 Å². The van der Waals surface area contributed by atoms with Crippen LogP contribution in [0, 0.1) is 0 Å². The van der Waals surface area contributed by atoms with Crippen molar-refractivity contribution in [2.75, 3.05) is 4.90 Å². The Bertz CT molecular complexity index is 3850.